The van der Waals surface area contributed by atoms with Crippen molar-refractivity contribution in [2.24, 2.45) is 0 Å². The van der Waals surface area contributed by atoms with E-state index in [1.165, 1.54) is 44.2 Å². The summed E-state index contributed by atoms with van der Waals surface area (Å²) in [5, 5.41) is 5.68. The van der Waals surface area contributed by atoms with Gasteiger partial charge in [-0.1, -0.05) is 23.7 Å². The third kappa shape index (κ3) is 7.21. The van der Waals surface area contributed by atoms with Crippen LogP contribution in [-0.2, 0) is 24.3 Å². The molecule has 0 fully saturated rings. The predicted octanol–water partition coefficient (Wildman–Crippen LogP) is 4.86. The van der Waals surface area contributed by atoms with Gasteiger partial charge in [-0.15, -0.1) is 6.58 Å². The van der Waals surface area contributed by atoms with E-state index < -0.39 is 28.0 Å². The van der Waals surface area contributed by atoms with Crippen LogP contribution in [0.1, 0.15) is 24.2 Å². The fraction of sp³-hybridized carbons (Fsp3) is 0.148. The summed E-state index contributed by atoms with van der Waals surface area (Å²) in [4.78, 5) is 36.3. The van der Waals surface area contributed by atoms with Gasteiger partial charge in [-0.25, -0.2) is 13.2 Å². The number of esters is 1. The van der Waals surface area contributed by atoms with Gasteiger partial charge in [-0.05, 0) is 73.7 Å². The average molecular weight is 556 g/mol. The van der Waals surface area contributed by atoms with E-state index in [9.17, 15) is 22.8 Å². The summed E-state index contributed by atoms with van der Waals surface area (Å²) in [6.45, 7) is 6.40. The summed E-state index contributed by atoms with van der Waals surface area (Å²) < 4.78 is 33.2. The molecule has 1 atom stereocenters. The first-order valence-corrected chi connectivity index (χ1v) is 13.2. The number of sulfonamides is 1. The van der Waals surface area contributed by atoms with Gasteiger partial charge in [0.25, 0.3) is 15.9 Å². The van der Waals surface area contributed by atoms with Gasteiger partial charge in [0.2, 0.25) is 5.91 Å². The molecule has 0 aromatic heterocycles. The topological polar surface area (TPSA) is 122 Å². The monoisotopic (exact) mass is 555 g/mol. The molecule has 0 unspecified atom stereocenters. The lowest BCUT2D eigenvalue weighted by Gasteiger charge is -2.23. The molecule has 38 heavy (non-hydrogen) atoms. The number of rotatable bonds is 10. The number of hydrogen-bond acceptors (Lipinski definition) is 6. The molecule has 0 saturated heterocycles. The number of anilines is 3. The van der Waals surface area contributed by atoms with E-state index in [4.69, 9.17) is 16.3 Å². The highest BCUT2D eigenvalue weighted by atomic mass is 35.5. The van der Waals surface area contributed by atoms with Crippen molar-refractivity contribution >= 4 is 56.5 Å². The number of carbonyl (C=O) groups excluding carboxylic acids is 3. The lowest BCUT2D eigenvalue weighted by atomic mass is 10.2. The first kappa shape index (κ1) is 28.4. The van der Waals surface area contributed by atoms with E-state index in [1.54, 1.807) is 48.5 Å². The number of nitrogens with one attached hydrogen (secondary N) is 2. The zero-order valence-electron chi connectivity index (χ0n) is 20.7. The zero-order valence-corrected chi connectivity index (χ0v) is 22.3. The van der Waals surface area contributed by atoms with Gasteiger partial charge in [0.1, 0.15) is 0 Å². The standard InChI is InChI=1S/C27H26ClN3O6S/c1-4-16-31(24-14-8-21(28)9-15-24)38(35,36)25-7-5-6-20(17-25)27(34)37-18(2)26(33)30-23-12-10-22(11-13-23)29-19(3)32/h4-15,17-18H,1,16H2,2-3H3,(H,29,32)(H,30,33)/t18-/m1/s1. The molecule has 198 valence electrons. The number of nitrogens with zero attached hydrogens (tertiary/aromatic N) is 1. The van der Waals surface area contributed by atoms with Crippen LogP contribution in [0.3, 0.4) is 0 Å². The van der Waals surface area contributed by atoms with Gasteiger partial charge in [0.05, 0.1) is 22.7 Å². The largest absolute Gasteiger partial charge is 0.449 e. The average Bonchev–Trinajstić information content (AvgIpc) is 2.88. The fourth-order valence-corrected chi connectivity index (χ4v) is 4.95. The highest BCUT2D eigenvalue weighted by Gasteiger charge is 2.26. The second-order valence-electron chi connectivity index (χ2n) is 8.12. The van der Waals surface area contributed by atoms with Gasteiger partial charge < -0.3 is 15.4 Å². The fourth-order valence-electron chi connectivity index (χ4n) is 3.34. The van der Waals surface area contributed by atoms with Gasteiger partial charge in [-0.3, -0.25) is 13.9 Å². The molecule has 9 nitrogen and oxygen atoms in total. The molecule has 0 radical (unpaired) electrons. The van der Waals surface area contributed by atoms with Crippen LogP contribution in [0.25, 0.3) is 0 Å². The molecule has 3 rings (SSSR count). The summed E-state index contributed by atoms with van der Waals surface area (Å²) in [7, 11) is -4.08. The molecule has 11 heteroatoms. The summed E-state index contributed by atoms with van der Waals surface area (Å²) in [6.07, 6.45) is 0.266. The molecule has 0 aliphatic heterocycles. The Morgan fingerprint density at radius 2 is 1.61 bits per heavy atom. The smallest absolute Gasteiger partial charge is 0.338 e. The maximum atomic E-state index is 13.4. The minimum atomic E-state index is -4.08. The number of carbonyl (C=O) groups is 3. The molecular weight excluding hydrogens is 530 g/mol. The van der Waals surface area contributed by atoms with Crippen LogP contribution in [0.5, 0.6) is 0 Å². The van der Waals surface area contributed by atoms with Crippen molar-refractivity contribution in [2.75, 3.05) is 21.5 Å². The Morgan fingerprint density at radius 3 is 2.18 bits per heavy atom. The molecule has 0 heterocycles. The molecule has 0 saturated carbocycles. The van der Waals surface area contributed by atoms with Crippen LogP contribution in [0.15, 0.2) is 90.3 Å². The summed E-state index contributed by atoms with van der Waals surface area (Å²) >= 11 is 5.93. The minimum Gasteiger partial charge on any atom is -0.449 e. The second-order valence-corrected chi connectivity index (χ2v) is 10.4. The Hall–Kier alpha value is -4.15. The quantitative estimate of drug-likeness (QED) is 0.272. The van der Waals surface area contributed by atoms with Gasteiger partial charge >= 0.3 is 5.97 Å². The predicted molar refractivity (Wildman–Crippen MR) is 147 cm³/mol. The van der Waals surface area contributed by atoms with Crippen molar-refractivity contribution in [3.05, 3.63) is 96.0 Å². The number of amides is 2. The summed E-state index contributed by atoms with van der Waals surface area (Å²) in [6, 6.07) is 18.0. The van der Waals surface area contributed by atoms with Gasteiger partial charge in [0.15, 0.2) is 6.10 Å². The van der Waals surface area contributed by atoms with Crippen LogP contribution in [0.4, 0.5) is 17.1 Å². The van der Waals surface area contributed by atoms with Crippen LogP contribution in [0.2, 0.25) is 5.02 Å². The number of benzene rings is 3. The molecular formula is C27H26ClN3O6S. The second kappa shape index (κ2) is 12.4. The van der Waals surface area contributed by atoms with E-state index in [1.807, 2.05) is 0 Å². The van der Waals surface area contributed by atoms with Crippen molar-refractivity contribution in [2.45, 2.75) is 24.8 Å². The van der Waals surface area contributed by atoms with E-state index in [0.717, 1.165) is 4.31 Å². The van der Waals surface area contributed by atoms with E-state index in [-0.39, 0.29) is 22.9 Å². The molecule has 0 spiro atoms. The molecule has 0 bridgehead atoms. The first-order chi connectivity index (χ1) is 18.0. The SMILES string of the molecule is C=CCN(c1ccc(Cl)cc1)S(=O)(=O)c1cccc(C(=O)O[C@H](C)C(=O)Nc2ccc(NC(C)=O)cc2)c1. The molecule has 0 aliphatic rings. The Bertz CT molecular complexity index is 1440. The normalized spacial score (nSPS) is 11.7. The maximum absolute atomic E-state index is 13.4. The number of ether oxygens (including phenoxy) is 1. The third-order valence-electron chi connectivity index (χ3n) is 5.19. The van der Waals surface area contributed by atoms with E-state index >= 15 is 0 Å². The molecule has 2 N–H and O–H groups in total. The third-order valence-corrected chi connectivity index (χ3v) is 7.23. The van der Waals surface area contributed by atoms with Crippen LogP contribution >= 0.6 is 11.6 Å². The summed E-state index contributed by atoms with van der Waals surface area (Å²) in [5.74, 6) is -1.68. The Balaban J connectivity index is 1.72. The van der Waals surface area contributed by atoms with Crippen molar-refractivity contribution in [3.8, 4) is 0 Å². The van der Waals surface area contributed by atoms with E-state index in [0.29, 0.717) is 22.1 Å². The van der Waals surface area contributed by atoms with Crippen LogP contribution < -0.4 is 14.9 Å². The Kier molecular flexibility index (Phi) is 9.27. The highest BCUT2D eigenvalue weighted by molar-refractivity contribution is 7.92. The lowest BCUT2D eigenvalue weighted by Crippen LogP contribution is -2.31. The van der Waals surface area contributed by atoms with Crippen LogP contribution in [0, 0.1) is 0 Å². The van der Waals surface area contributed by atoms with Crippen LogP contribution in [-0.4, -0.2) is 38.9 Å². The maximum Gasteiger partial charge on any atom is 0.338 e. The number of hydrogen-bond donors (Lipinski definition) is 2. The molecule has 3 aromatic carbocycles. The van der Waals surface area contributed by atoms with Crippen molar-refractivity contribution in [3.63, 3.8) is 0 Å². The molecule has 2 amide bonds. The zero-order chi connectivity index (χ0) is 27.9. The highest BCUT2D eigenvalue weighted by Crippen LogP contribution is 2.26. The Labute approximate surface area is 226 Å². The number of halogens is 1. The first-order valence-electron chi connectivity index (χ1n) is 11.4. The lowest BCUT2D eigenvalue weighted by molar-refractivity contribution is -0.123. The van der Waals surface area contributed by atoms with Gasteiger partial charge in [-0.2, -0.15) is 0 Å². The summed E-state index contributed by atoms with van der Waals surface area (Å²) in [5.41, 5.74) is 1.33. The van der Waals surface area contributed by atoms with Crippen molar-refractivity contribution < 1.29 is 27.5 Å². The molecule has 3 aromatic rings. The molecule has 0 aliphatic carbocycles. The van der Waals surface area contributed by atoms with Crippen molar-refractivity contribution in [1.29, 1.82) is 0 Å². The minimum absolute atomic E-state index is 0.0123. The van der Waals surface area contributed by atoms with Crippen molar-refractivity contribution in [1.82, 2.24) is 0 Å². The van der Waals surface area contributed by atoms with E-state index in [2.05, 4.69) is 17.2 Å². The van der Waals surface area contributed by atoms with Gasteiger partial charge in [0, 0.05) is 23.3 Å². The Morgan fingerprint density at radius 1 is 1.00 bits per heavy atom.